The minimum atomic E-state index is -0.974. The van der Waals surface area contributed by atoms with Crippen LogP contribution < -0.4 is 5.73 Å². The van der Waals surface area contributed by atoms with Crippen LogP contribution in [0.4, 0.5) is 5.69 Å². The first kappa shape index (κ1) is 17.0. The van der Waals surface area contributed by atoms with Gasteiger partial charge >= 0.3 is 5.97 Å². The number of halogens is 2. The van der Waals surface area contributed by atoms with Crippen molar-refractivity contribution < 1.29 is 14.6 Å². The van der Waals surface area contributed by atoms with E-state index in [-0.39, 0.29) is 13.2 Å². The van der Waals surface area contributed by atoms with E-state index < -0.39 is 5.97 Å². The van der Waals surface area contributed by atoms with E-state index in [0.29, 0.717) is 0 Å². The third kappa shape index (κ3) is 4.83. The zero-order valence-electron chi connectivity index (χ0n) is 11.7. The van der Waals surface area contributed by atoms with Crippen molar-refractivity contribution in [3.8, 4) is 0 Å². The van der Waals surface area contributed by atoms with Crippen molar-refractivity contribution in [3.05, 3.63) is 62.0 Å². The number of anilines is 1. The molecule has 0 saturated carbocycles. The van der Waals surface area contributed by atoms with E-state index in [1.54, 1.807) is 0 Å². The molecule has 0 atom stereocenters. The lowest BCUT2D eigenvalue weighted by molar-refractivity contribution is -0.142. The van der Waals surface area contributed by atoms with Crippen molar-refractivity contribution in [3.63, 3.8) is 0 Å². The van der Waals surface area contributed by atoms with Gasteiger partial charge in [0.15, 0.2) is 0 Å². The molecule has 0 aromatic heterocycles. The summed E-state index contributed by atoms with van der Waals surface area (Å²) in [6, 6.07) is 11.6. The molecule has 0 unspecified atom stereocenters. The van der Waals surface area contributed by atoms with E-state index in [9.17, 15) is 4.79 Å². The maximum atomic E-state index is 10.5. The molecule has 2 rings (SSSR count). The first-order chi connectivity index (χ1) is 10.5. The van der Waals surface area contributed by atoms with Crippen LogP contribution in [0.3, 0.4) is 0 Å². The fourth-order valence-electron chi connectivity index (χ4n) is 2.00. The van der Waals surface area contributed by atoms with Gasteiger partial charge in [-0.1, -0.05) is 44.0 Å². The van der Waals surface area contributed by atoms with Crippen LogP contribution in [0.1, 0.15) is 16.7 Å². The molecule has 2 aromatic carbocycles. The predicted molar refractivity (Wildman–Crippen MR) is 92.8 cm³/mol. The molecule has 0 fully saturated rings. The summed E-state index contributed by atoms with van der Waals surface area (Å²) in [6.07, 6.45) is 0.762. The molecule has 0 saturated heterocycles. The summed E-state index contributed by atoms with van der Waals surface area (Å²) < 4.78 is 7.01. The summed E-state index contributed by atoms with van der Waals surface area (Å²) in [6.45, 7) is -0.0475. The monoisotopic (exact) mass is 427 g/mol. The second kappa shape index (κ2) is 7.76. The number of aliphatic carboxylic acids is 1. The molecule has 0 aliphatic carbocycles. The van der Waals surface area contributed by atoms with Crippen molar-refractivity contribution in [1.29, 1.82) is 0 Å². The summed E-state index contributed by atoms with van der Waals surface area (Å²) in [5.74, 6) is -0.974. The smallest absolute Gasteiger partial charge is 0.329 e. The first-order valence-electron chi connectivity index (χ1n) is 6.56. The van der Waals surface area contributed by atoms with Crippen LogP contribution in [0.25, 0.3) is 0 Å². The van der Waals surface area contributed by atoms with Crippen LogP contribution in [0, 0.1) is 0 Å². The van der Waals surface area contributed by atoms with Gasteiger partial charge in [0, 0.05) is 14.6 Å². The van der Waals surface area contributed by atoms with Gasteiger partial charge in [0.1, 0.15) is 6.61 Å². The van der Waals surface area contributed by atoms with E-state index in [0.717, 1.165) is 37.7 Å². The highest BCUT2D eigenvalue weighted by Crippen LogP contribution is 2.30. The highest BCUT2D eigenvalue weighted by atomic mass is 79.9. The number of benzene rings is 2. The van der Waals surface area contributed by atoms with Crippen molar-refractivity contribution in [1.82, 2.24) is 0 Å². The minimum Gasteiger partial charge on any atom is -0.480 e. The Labute approximate surface area is 145 Å². The second-order valence-electron chi connectivity index (χ2n) is 4.84. The Morgan fingerprint density at radius 2 is 1.68 bits per heavy atom. The van der Waals surface area contributed by atoms with Crippen LogP contribution in [0.2, 0.25) is 0 Å². The van der Waals surface area contributed by atoms with E-state index in [2.05, 4.69) is 31.9 Å². The van der Waals surface area contributed by atoms with Crippen molar-refractivity contribution >= 4 is 43.5 Å². The number of carboxylic acids is 1. The summed E-state index contributed by atoms with van der Waals surface area (Å²) in [5, 5.41) is 8.58. The highest BCUT2D eigenvalue weighted by Gasteiger charge is 2.09. The van der Waals surface area contributed by atoms with Crippen LogP contribution in [0.15, 0.2) is 45.3 Å². The van der Waals surface area contributed by atoms with Crippen molar-refractivity contribution in [2.24, 2.45) is 0 Å². The number of ether oxygens (including phenoxy) is 1. The van der Waals surface area contributed by atoms with Crippen molar-refractivity contribution in [2.75, 3.05) is 12.3 Å². The Balaban J connectivity index is 2.12. The fraction of sp³-hybridized carbons (Fsp3) is 0.188. The first-order valence-corrected chi connectivity index (χ1v) is 8.15. The number of rotatable bonds is 6. The molecule has 22 heavy (non-hydrogen) atoms. The lowest BCUT2D eigenvalue weighted by Gasteiger charge is -2.11. The number of nitrogen functional groups attached to an aromatic ring is 1. The third-order valence-corrected chi connectivity index (χ3v) is 4.47. The number of hydrogen-bond donors (Lipinski definition) is 2. The van der Waals surface area contributed by atoms with Gasteiger partial charge < -0.3 is 15.6 Å². The normalized spacial score (nSPS) is 10.6. The molecule has 0 radical (unpaired) electrons. The fourth-order valence-corrected chi connectivity index (χ4v) is 3.57. The number of nitrogens with two attached hydrogens (primary N) is 1. The maximum absolute atomic E-state index is 10.5. The van der Waals surface area contributed by atoms with E-state index >= 15 is 0 Å². The largest absolute Gasteiger partial charge is 0.480 e. The van der Waals surface area contributed by atoms with Gasteiger partial charge in [-0.25, -0.2) is 4.79 Å². The molecule has 4 nitrogen and oxygen atoms in total. The van der Waals surface area contributed by atoms with Crippen LogP contribution in [0.5, 0.6) is 0 Å². The molecule has 0 amide bonds. The molecule has 116 valence electrons. The molecule has 0 aliphatic rings. The lowest BCUT2D eigenvalue weighted by atomic mass is 10.0. The standard InChI is InChI=1S/C16H15Br2NO3/c17-14-6-11(8-22-9-16(20)21)7-15(18)13(14)5-10-1-3-12(19)4-2-10/h1-4,6-7H,5,8-9,19H2,(H,20,21). The minimum absolute atomic E-state index is 0.256. The van der Waals surface area contributed by atoms with Crippen LogP contribution >= 0.6 is 31.9 Å². The summed E-state index contributed by atoms with van der Waals surface area (Å²) in [4.78, 5) is 10.5. The second-order valence-corrected chi connectivity index (χ2v) is 6.55. The van der Waals surface area contributed by atoms with Gasteiger partial charge in [-0.3, -0.25) is 0 Å². The third-order valence-electron chi connectivity index (χ3n) is 3.06. The average Bonchev–Trinajstić information content (AvgIpc) is 2.44. The zero-order chi connectivity index (χ0) is 16.1. The van der Waals surface area contributed by atoms with Crippen LogP contribution in [-0.2, 0) is 22.6 Å². The summed E-state index contributed by atoms with van der Waals surface area (Å²) in [7, 11) is 0. The molecular formula is C16H15Br2NO3. The maximum Gasteiger partial charge on any atom is 0.329 e. The number of carboxylic acid groups (broad SMARTS) is 1. The Hall–Kier alpha value is -1.37. The van der Waals surface area contributed by atoms with Gasteiger partial charge in [0.25, 0.3) is 0 Å². The Kier molecular flexibility index (Phi) is 5.99. The number of carbonyl (C=O) groups is 1. The zero-order valence-corrected chi connectivity index (χ0v) is 14.9. The molecular weight excluding hydrogens is 414 g/mol. The topological polar surface area (TPSA) is 72.5 Å². The molecule has 0 heterocycles. The Morgan fingerprint density at radius 1 is 1.09 bits per heavy atom. The quantitative estimate of drug-likeness (QED) is 0.682. The molecule has 2 aromatic rings. The van der Waals surface area contributed by atoms with Gasteiger partial charge in [-0.2, -0.15) is 0 Å². The van der Waals surface area contributed by atoms with E-state index in [1.807, 2.05) is 36.4 Å². The van der Waals surface area contributed by atoms with E-state index in [4.69, 9.17) is 15.6 Å². The van der Waals surface area contributed by atoms with Gasteiger partial charge in [-0.05, 0) is 47.4 Å². The van der Waals surface area contributed by atoms with Gasteiger partial charge in [-0.15, -0.1) is 0 Å². The molecule has 0 bridgehead atoms. The SMILES string of the molecule is Nc1ccc(Cc2c(Br)cc(COCC(=O)O)cc2Br)cc1. The van der Waals surface area contributed by atoms with E-state index in [1.165, 1.54) is 0 Å². The highest BCUT2D eigenvalue weighted by molar-refractivity contribution is 9.11. The molecule has 6 heteroatoms. The molecule has 0 spiro atoms. The van der Waals surface area contributed by atoms with Crippen molar-refractivity contribution in [2.45, 2.75) is 13.0 Å². The Morgan fingerprint density at radius 3 is 2.23 bits per heavy atom. The summed E-state index contributed by atoms with van der Waals surface area (Å²) in [5.41, 5.74) is 9.62. The number of hydrogen-bond acceptors (Lipinski definition) is 3. The summed E-state index contributed by atoms with van der Waals surface area (Å²) >= 11 is 7.13. The molecule has 3 N–H and O–H groups in total. The predicted octanol–water partition coefficient (Wildman–Crippen LogP) is 3.99. The molecule has 0 aliphatic heterocycles. The van der Waals surface area contributed by atoms with Gasteiger partial charge in [0.2, 0.25) is 0 Å². The van der Waals surface area contributed by atoms with Crippen LogP contribution in [-0.4, -0.2) is 17.7 Å². The average molecular weight is 429 g/mol. The van der Waals surface area contributed by atoms with Gasteiger partial charge in [0.05, 0.1) is 6.61 Å². The Bertz CT molecular complexity index is 649. The lowest BCUT2D eigenvalue weighted by Crippen LogP contribution is -2.07.